The molecule has 4 nitrogen and oxygen atoms in total. The van der Waals surface area contributed by atoms with Gasteiger partial charge in [-0.05, 0) is 42.7 Å². The molecule has 0 aliphatic rings. The molecule has 0 fully saturated rings. The van der Waals surface area contributed by atoms with Crippen molar-refractivity contribution in [3.63, 3.8) is 0 Å². The topological polar surface area (TPSA) is 44.7 Å². The molecule has 1 N–H and O–H groups in total. The number of rotatable bonds is 5. The molecule has 1 amide bonds. The summed E-state index contributed by atoms with van der Waals surface area (Å²) in [5, 5.41) is 4.03. The highest BCUT2D eigenvalue weighted by Gasteiger charge is 2.05. The summed E-state index contributed by atoms with van der Waals surface area (Å²) >= 11 is 0. The summed E-state index contributed by atoms with van der Waals surface area (Å²) in [6.07, 6.45) is 1.99. The van der Waals surface area contributed by atoms with Crippen LogP contribution in [0.15, 0.2) is 47.6 Å². The minimum atomic E-state index is -0.111. The highest BCUT2D eigenvalue weighted by Crippen LogP contribution is 2.12. The van der Waals surface area contributed by atoms with Crippen LogP contribution in [0.4, 0.5) is 5.69 Å². The van der Waals surface area contributed by atoms with Crippen LogP contribution in [0.25, 0.3) is 0 Å². The van der Waals surface area contributed by atoms with Gasteiger partial charge >= 0.3 is 0 Å². The van der Waals surface area contributed by atoms with Crippen molar-refractivity contribution in [3.05, 3.63) is 64.7 Å². The van der Waals surface area contributed by atoms with Gasteiger partial charge in [0.2, 0.25) is 5.91 Å². The second kappa shape index (κ2) is 7.58. The molecule has 0 atom stereocenters. The van der Waals surface area contributed by atoms with Crippen LogP contribution >= 0.6 is 0 Å². The first-order valence-corrected chi connectivity index (χ1v) is 7.61. The predicted molar refractivity (Wildman–Crippen MR) is 96.1 cm³/mol. The molecule has 0 aliphatic heterocycles. The molecular formula is C19H23N3O. The fourth-order valence-corrected chi connectivity index (χ4v) is 2.24. The van der Waals surface area contributed by atoms with Crippen LogP contribution in [0.2, 0.25) is 0 Å². The summed E-state index contributed by atoms with van der Waals surface area (Å²) in [6.45, 7) is 4.04. The van der Waals surface area contributed by atoms with Crippen molar-refractivity contribution >= 4 is 17.8 Å². The van der Waals surface area contributed by atoms with Gasteiger partial charge in [0.25, 0.3) is 0 Å². The van der Waals surface area contributed by atoms with E-state index < -0.39 is 0 Å². The van der Waals surface area contributed by atoms with Gasteiger partial charge in [-0.1, -0.05) is 35.9 Å². The number of hydrazone groups is 1. The van der Waals surface area contributed by atoms with Crippen LogP contribution in [-0.4, -0.2) is 26.2 Å². The molecule has 120 valence electrons. The molecule has 2 aromatic carbocycles. The molecule has 2 aromatic rings. The van der Waals surface area contributed by atoms with Crippen LogP contribution in [0.1, 0.15) is 22.3 Å². The van der Waals surface area contributed by atoms with Gasteiger partial charge in [0.1, 0.15) is 0 Å². The normalized spacial score (nSPS) is 10.8. The van der Waals surface area contributed by atoms with Crippen LogP contribution in [0, 0.1) is 13.8 Å². The molecule has 0 heterocycles. The van der Waals surface area contributed by atoms with Crippen LogP contribution in [-0.2, 0) is 11.2 Å². The van der Waals surface area contributed by atoms with Gasteiger partial charge in [-0.2, -0.15) is 5.10 Å². The lowest BCUT2D eigenvalue weighted by atomic mass is 10.0. The average molecular weight is 309 g/mol. The Morgan fingerprint density at radius 3 is 2.48 bits per heavy atom. The van der Waals surface area contributed by atoms with Gasteiger partial charge in [-0.3, -0.25) is 4.79 Å². The highest BCUT2D eigenvalue weighted by molar-refractivity contribution is 5.83. The number of aryl methyl sites for hydroxylation is 2. The number of anilines is 1. The minimum absolute atomic E-state index is 0.111. The van der Waals surface area contributed by atoms with Crippen LogP contribution in [0.3, 0.4) is 0 Å². The fourth-order valence-electron chi connectivity index (χ4n) is 2.24. The molecule has 0 unspecified atom stereocenters. The van der Waals surface area contributed by atoms with Crippen molar-refractivity contribution in [2.24, 2.45) is 5.10 Å². The zero-order valence-corrected chi connectivity index (χ0v) is 14.1. The SMILES string of the molecule is Cc1ccc(C)c(CC(=O)N/N=C/c2ccc(N(C)C)cc2)c1. The van der Waals surface area contributed by atoms with Gasteiger partial charge in [-0.25, -0.2) is 5.43 Å². The van der Waals surface area contributed by atoms with Crippen molar-refractivity contribution in [3.8, 4) is 0 Å². The Bertz CT molecular complexity index is 703. The molecule has 0 saturated heterocycles. The standard InChI is InChI=1S/C19H23N3O/c1-14-5-6-15(2)17(11-14)12-19(23)21-20-13-16-7-9-18(10-8-16)22(3)4/h5-11,13H,12H2,1-4H3,(H,21,23)/b20-13+. The molecular weight excluding hydrogens is 286 g/mol. The first-order valence-electron chi connectivity index (χ1n) is 7.61. The van der Waals surface area contributed by atoms with Gasteiger partial charge in [-0.15, -0.1) is 0 Å². The zero-order chi connectivity index (χ0) is 16.8. The van der Waals surface area contributed by atoms with E-state index in [0.29, 0.717) is 6.42 Å². The lowest BCUT2D eigenvalue weighted by Crippen LogP contribution is -2.20. The van der Waals surface area contributed by atoms with Gasteiger partial charge < -0.3 is 4.90 Å². The Morgan fingerprint density at radius 2 is 1.83 bits per heavy atom. The van der Waals surface area contributed by atoms with E-state index in [1.165, 1.54) is 0 Å². The molecule has 0 spiro atoms. The molecule has 0 saturated carbocycles. The first-order chi connectivity index (χ1) is 11.0. The Hall–Kier alpha value is -2.62. The quantitative estimate of drug-likeness (QED) is 0.681. The third-order valence-electron chi connectivity index (χ3n) is 3.67. The van der Waals surface area contributed by atoms with E-state index in [1.807, 2.05) is 75.3 Å². The van der Waals surface area contributed by atoms with Crippen LogP contribution < -0.4 is 10.3 Å². The molecule has 0 radical (unpaired) electrons. The number of nitrogens with one attached hydrogen (secondary N) is 1. The maximum Gasteiger partial charge on any atom is 0.244 e. The van der Waals surface area contributed by atoms with Crippen molar-refractivity contribution in [1.82, 2.24) is 5.43 Å². The predicted octanol–water partition coefficient (Wildman–Crippen LogP) is 3.06. The van der Waals surface area contributed by atoms with E-state index in [9.17, 15) is 4.79 Å². The summed E-state index contributed by atoms with van der Waals surface area (Å²) in [4.78, 5) is 14.0. The first kappa shape index (κ1) is 16.7. The molecule has 4 heteroatoms. The lowest BCUT2D eigenvalue weighted by Gasteiger charge is -2.11. The summed E-state index contributed by atoms with van der Waals surface area (Å²) in [6, 6.07) is 14.1. The third-order valence-corrected chi connectivity index (χ3v) is 3.67. The molecule has 2 rings (SSSR count). The van der Waals surface area contributed by atoms with Crippen molar-refractivity contribution in [1.29, 1.82) is 0 Å². The monoisotopic (exact) mass is 309 g/mol. The van der Waals surface area contributed by atoms with Gasteiger partial charge in [0.05, 0.1) is 12.6 Å². The average Bonchev–Trinajstić information content (AvgIpc) is 2.51. The zero-order valence-electron chi connectivity index (χ0n) is 14.1. The number of carbonyl (C=O) groups excluding carboxylic acids is 1. The third kappa shape index (κ3) is 4.95. The number of nitrogens with zero attached hydrogens (tertiary/aromatic N) is 2. The second-order valence-electron chi connectivity index (χ2n) is 5.89. The Labute approximate surface area is 137 Å². The number of carbonyl (C=O) groups is 1. The highest BCUT2D eigenvalue weighted by atomic mass is 16.2. The fraction of sp³-hybridized carbons (Fsp3) is 0.263. The second-order valence-corrected chi connectivity index (χ2v) is 5.89. The number of hydrogen-bond acceptors (Lipinski definition) is 3. The maximum atomic E-state index is 12.0. The largest absolute Gasteiger partial charge is 0.378 e. The van der Waals surface area contributed by atoms with E-state index in [1.54, 1.807) is 6.21 Å². The molecule has 23 heavy (non-hydrogen) atoms. The van der Waals surface area contributed by atoms with E-state index in [2.05, 4.69) is 10.5 Å². The van der Waals surface area contributed by atoms with E-state index in [0.717, 1.165) is 27.9 Å². The summed E-state index contributed by atoms with van der Waals surface area (Å²) in [5.41, 5.74) is 7.97. The van der Waals surface area contributed by atoms with Crippen LogP contribution in [0.5, 0.6) is 0 Å². The van der Waals surface area contributed by atoms with E-state index >= 15 is 0 Å². The summed E-state index contributed by atoms with van der Waals surface area (Å²) < 4.78 is 0. The van der Waals surface area contributed by atoms with Crippen molar-refractivity contribution < 1.29 is 4.79 Å². The lowest BCUT2D eigenvalue weighted by molar-refractivity contribution is -0.120. The minimum Gasteiger partial charge on any atom is -0.378 e. The molecule has 0 aromatic heterocycles. The van der Waals surface area contributed by atoms with E-state index in [4.69, 9.17) is 0 Å². The molecule has 0 bridgehead atoms. The molecule has 0 aliphatic carbocycles. The number of benzene rings is 2. The Kier molecular flexibility index (Phi) is 5.52. The van der Waals surface area contributed by atoms with Gasteiger partial charge in [0, 0.05) is 19.8 Å². The maximum absolute atomic E-state index is 12.0. The number of amides is 1. The summed E-state index contributed by atoms with van der Waals surface area (Å²) in [7, 11) is 3.99. The van der Waals surface area contributed by atoms with E-state index in [-0.39, 0.29) is 5.91 Å². The van der Waals surface area contributed by atoms with Crippen molar-refractivity contribution in [2.75, 3.05) is 19.0 Å². The Balaban J connectivity index is 1.92. The van der Waals surface area contributed by atoms with Crippen molar-refractivity contribution in [2.45, 2.75) is 20.3 Å². The van der Waals surface area contributed by atoms with Gasteiger partial charge in [0.15, 0.2) is 0 Å². The Morgan fingerprint density at radius 1 is 1.13 bits per heavy atom. The summed E-state index contributed by atoms with van der Waals surface area (Å²) in [5.74, 6) is -0.111. The smallest absolute Gasteiger partial charge is 0.244 e. The number of hydrogen-bond donors (Lipinski definition) is 1.